The molecule has 1 amide bonds. The molecule has 146 valence electrons. The molecule has 1 aromatic carbocycles. The van der Waals surface area contributed by atoms with Crippen molar-refractivity contribution in [2.45, 2.75) is 8.68 Å². The highest BCUT2D eigenvalue weighted by atomic mass is 35.5. The van der Waals surface area contributed by atoms with Crippen LogP contribution in [0.4, 0.5) is 5.13 Å². The van der Waals surface area contributed by atoms with E-state index >= 15 is 0 Å². The van der Waals surface area contributed by atoms with Crippen LogP contribution in [0.25, 0.3) is 11.3 Å². The van der Waals surface area contributed by atoms with E-state index < -0.39 is 0 Å². The highest BCUT2D eigenvalue weighted by Gasteiger charge is 2.19. The molecular weight excluding hydrogens is 475 g/mol. The Balaban J connectivity index is 1.74. The Labute approximate surface area is 189 Å². The van der Waals surface area contributed by atoms with Crippen LogP contribution in [0.2, 0.25) is 10.0 Å². The van der Waals surface area contributed by atoms with Crippen molar-refractivity contribution in [3.63, 3.8) is 0 Å². The Morgan fingerprint density at radius 1 is 1.29 bits per heavy atom. The van der Waals surface area contributed by atoms with Crippen molar-refractivity contribution in [3.8, 4) is 11.3 Å². The van der Waals surface area contributed by atoms with Gasteiger partial charge in [-0.2, -0.15) is 0 Å². The van der Waals surface area contributed by atoms with Gasteiger partial charge in [-0.3, -0.25) is 9.69 Å². The molecule has 0 bridgehead atoms. The first kappa shape index (κ1) is 21.6. The quantitative estimate of drug-likeness (QED) is 0.286. The third-order valence-electron chi connectivity index (χ3n) is 3.43. The fraction of sp³-hybridized carbons (Fsp3) is 0.176. The summed E-state index contributed by atoms with van der Waals surface area (Å²) >= 11 is 17.8. The van der Waals surface area contributed by atoms with Crippen molar-refractivity contribution in [3.05, 3.63) is 46.3 Å². The second-order valence-electron chi connectivity index (χ2n) is 5.26. The lowest BCUT2D eigenvalue weighted by atomic mass is 10.2. The lowest BCUT2D eigenvalue weighted by Crippen LogP contribution is -2.32. The molecule has 0 saturated heterocycles. The first-order valence-corrected chi connectivity index (χ1v) is 12.5. The molecule has 0 aliphatic heterocycles. The molecule has 0 aliphatic rings. The van der Waals surface area contributed by atoms with Crippen LogP contribution >= 0.6 is 69.4 Å². The zero-order valence-corrected chi connectivity index (χ0v) is 19.4. The zero-order valence-electron chi connectivity index (χ0n) is 14.6. The second kappa shape index (κ2) is 10.1. The summed E-state index contributed by atoms with van der Waals surface area (Å²) in [6, 6.07) is 5.34. The summed E-state index contributed by atoms with van der Waals surface area (Å²) in [6.45, 7) is 4.12. The summed E-state index contributed by atoms with van der Waals surface area (Å²) in [5.41, 5.74) is 1.58. The number of nitrogens with zero attached hydrogens (tertiary/aromatic N) is 4. The maximum atomic E-state index is 12.8. The van der Waals surface area contributed by atoms with Crippen LogP contribution < -0.4 is 4.90 Å². The van der Waals surface area contributed by atoms with Gasteiger partial charge in [0.1, 0.15) is 0 Å². The van der Waals surface area contributed by atoms with Crippen LogP contribution in [0.5, 0.6) is 0 Å². The number of amides is 1. The number of rotatable bonds is 8. The number of halogens is 2. The predicted molar refractivity (Wildman–Crippen MR) is 123 cm³/mol. The monoisotopic (exact) mass is 488 g/mol. The first-order chi connectivity index (χ1) is 13.5. The Morgan fingerprint density at radius 2 is 2.07 bits per heavy atom. The van der Waals surface area contributed by atoms with Crippen LogP contribution in [0, 0.1) is 0 Å². The van der Waals surface area contributed by atoms with Gasteiger partial charge < -0.3 is 0 Å². The number of thiazole rings is 1. The number of aromatic nitrogens is 3. The molecule has 2 heterocycles. The molecule has 0 aliphatic carbocycles. The van der Waals surface area contributed by atoms with Gasteiger partial charge in [0.05, 0.1) is 21.5 Å². The van der Waals surface area contributed by atoms with E-state index in [0.717, 1.165) is 19.9 Å². The summed E-state index contributed by atoms with van der Waals surface area (Å²) in [7, 11) is 0. The van der Waals surface area contributed by atoms with Gasteiger partial charge in [0.25, 0.3) is 0 Å². The van der Waals surface area contributed by atoms with Gasteiger partial charge in [-0.05, 0) is 18.4 Å². The molecule has 3 aromatic rings. The number of benzene rings is 1. The largest absolute Gasteiger partial charge is 0.284 e. The maximum Gasteiger partial charge on any atom is 0.239 e. The summed E-state index contributed by atoms with van der Waals surface area (Å²) < 4.78 is 1.65. The number of anilines is 1. The Morgan fingerprint density at radius 3 is 2.75 bits per heavy atom. The van der Waals surface area contributed by atoms with E-state index in [1.807, 2.05) is 17.7 Å². The van der Waals surface area contributed by atoms with E-state index in [9.17, 15) is 4.79 Å². The van der Waals surface area contributed by atoms with Gasteiger partial charge in [-0.25, -0.2) is 4.98 Å². The van der Waals surface area contributed by atoms with Crippen LogP contribution in [0.15, 0.2) is 44.9 Å². The molecule has 0 N–H and O–H groups in total. The minimum Gasteiger partial charge on any atom is -0.284 e. The fourth-order valence-corrected chi connectivity index (χ4v) is 5.60. The van der Waals surface area contributed by atoms with E-state index in [1.54, 1.807) is 23.1 Å². The average Bonchev–Trinajstić information content (AvgIpc) is 3.36. The number of hydrogen-bond acceptors (Lipinski definition) is 8. The lowest BCUT2D eigenvalue weighted by molar-refractivity contribution is -0.116. The third kappa shape index (κ3) is 5.28. The Bertz CT molecular complexity index is 991. The van der Waals surface area contributed by atoms with Gasteiger partial charge in [0.15, 0.2) is 13.8 Å². The van der Waals surface area contributed by atoms with E-state index in [1.165, 1.54) is 46.2 Å². The molecule has 0 atom stereocenters. The molecule has 0 unspecified atom stereocenters. The van der Waals surface area contributed by atoms with Crippen molar-refractivity contribution in [1.82, 2.24) is 15.2 Å². The van der Waals surface area contributed by atoms with Crippen LogP contribution in [0.1, 0.15) is 0 Å². The first-order valence-electron chi connectivity index (χ1n) is 7.84. The van der Waals surface area contributed by atoms with Crippen LogP contribution in [-0.2, 0) is 4.79 Å². The van der Waals surface area contributed by atoms with Crippen molar-refractivity contribution in [2.75, 3.05) is 23.5 Å². The molecule has 0 fully saturated rings. The standard InChI is InChI=1S/C17H14Cl2N4OS4/c1-3-6-23(14(24)9-27-17-22-21-16(25-2)28-17)15-20-13(8-26-15)10-4-5-11(18)12(19)7-10/h3-5,7-8H,1,6,9H2,2H3. The van der Waals surface area contributed by atoms with Crippen molar-refractivity contribution in [2.24, 2.45) is 0 Å². The zero-order chi connectivity index (χ0) is 20.1. The summed E-state index contributed by atoms with van der Waals surface area (Å²) in [4.78, 5) is 19.0. The number of carbonyl (C=O) groups excluding carboxylic acids is 1. The number of hydrogen-bond donors (Lipinski definition) is 0. The van der Waals surface area contributed by atoms with Crippen molar-refractivity contribution >= 4 is 80.4 Å². The maximum absolute atomic E-state index is 12.8. The molecule has 5 nitrogen and oxygen atoms in total. The minimum absolute atomic E-state index is 0.0687. The summed E-state index contributed by atoms with van der Waals surface area (Å²) in [5.74, 6) is 0.180. The summed E-state index contributed by atoms with van der Waals surface area (Å²) in [5, 5.41) is 11.6. The van der Waals surface area contributed by atoms with Crippen molar-refractivity contribution in [1.29, 1.82) is 0 Å². The second-order valence-corrected chi connectivity index (χ2v) is 10.2. The molecule has 0 radical (unpaired) electrons. The lowest BCUT2D eigenvalue weighted by Gasteiger charge is -2.17. The van der Waals surface area contributed by atoms with Gasteiger partial charge in [0, 0.05) is 17.5 Å². The van der Waals surface area contributed by atoms with E-state index in [4.69, 9.17) is 23.2 Å². The molecular formula is C17H14Cl2N4OS4. The molecule has 0 saturated carbocycles. The van der Waals surface area contributed by atoms with Crippen LogP contribution in [0.3, 0.4) is 0 Å². The molecule has 0 spiro atoms. The van der Waals surface area contributed by atoms with E-state index in [-0.39, 0.29) is 11.7 Å². The molecule has 3 rings (SSSR count). The fourth-order valence-electron chi connectivity index (χ4n) is 2.13. The predicted octanol–water partition coefficient (Wildman–Crippen LogP) is 6.00. The van der Waals surface area contributed by atoms with E-state index in [0.29, 0.717) is 21.7 Å². The molecule has 11 heteroatoms. The van der Waals surface area contributed by atoms with Gasteiger partial charge in [-0.15, -0.1) is 28.1 Å². The Hall–Kier alpha value is -1.10. The van der Waals surface area contributed by atoms with Gasteiger partial charge in [-0.1, -0.05) is 70.2 Å². The average molecular weight is 490 g/mol. The topological polar surface area (TPSA) is 59.0 Å². The molecule has 2 aromatic heterocycles. The van der Waals surface area contributed by atoms with Gasteiger partial charge in [0.2, 0.25) is 5.91 Å². The van der Waals surface area contributed by atoms with Crippen LogP contribution in [-0.4, -0.2) is 39.6 Å². The van der Waals surface area contributed by atoms with E-state index in [2.05, 4.69) is 21.8 Å². The normalized spacial score (nSPS) is 10.8. The summed E-state index contributed by atoms with van der Waals surface area (Å²) in [6.07, 6.45) is 3.62. The van der Waals surface area contributed by atoms with Crippen molar-refractivity contribution < 1.29 is 4.79 Å². The Kier molecular flexibility index (Phi) is 7.78. The minimum atomic E-state index is -0.0687. The highest BCUT2D eigenvalue weighted by Crippen LogP contribution is 2.32. The smallest absolute Gasteiger partial charge is 0.239 e. The van der Waals surface area contributed by atoms with Gasteiger partial charge >= 0.3 is 0 Å². The highest BCUT2D eigenvalue weighted by molar-refractivity contribution is 8.03. The molecule has 28 heavy (non-hydrogen) atoms. The number of carbonyl (C=O) groups is 1. The third-order valence-corrected chi connectivity index (χ3v) is 8.05. The number of thioether (sulfide) groups is 2. The SMILES string of the molecule is C=CCN(C(=O)CSc1nnc(SC)s1)c1nc(-c2ccc(Cl)c(Cl)c2)cs1.